The van der Waals surface area contributed by atoms with E-state index in [1.54, 1.807) is 24.6 Å². The maximum atomic E-state index is 12.6. The number of aromatic nitrogens is 1. The molecule has 3 atom stereocenters. The van der Waals surface area contributed by atoms with E-state index in [0.717, 1.165) is 36.2 Å². The van der Waals surface area contributed by atoms with E-state index in [9.17, 15) is 9.90 Å². The van der Waals surface area contributed by atoms with Crippen molar-refractivity contribution < 1.29 is 19.4 Å². The van der Waals surface area contributed by atoms with Crippen molar-refractivity contribution in [2.75, 3.05) is 39.6 Å². The number of carbonyl (C=O) groups excluding carboxylic acids is 1. The van der Waals surface area contributed by atoms with E-state index in [-0.39, 0.29) is 17.8 Å². The fraction of sp³-hybridized carbons (Fsp3) is 0.462. The third-order valence-corrected chi connectivity index (χ3v) is 9.12. The Morgan fingerprint density at radius 3 is 2.97 bits per heavy atom. The molecule has 35 heavy (non-hydrogen) atoms. The van der Waals surface area contributed by atoms with Crippen LogP contribution < -0.4 is 4.74 Å². The number of hydrogen-bond acceptors (Lipinski definition) is 8. The monoisotopic (exact) mass is 534 g/mol. The van der Waals surface area contributed by atoms with Gasteiger partial charge in [0.2, 0.25) is 0 Å². The highest BCUT2D eigenvalue weighted by atomic mass is 35.5. The number of rotatable bonds is 10. The molecule has 0 bridgehead atoms. The lowest BCUT2D eigenvalue weighted by atomic mass is 9.81. The molecule has 1 aromatic carbocycles. The Hall–Kier alpha value is -1.84. The van der Waals surface area contributed by atoms with Crippen molar-refractivity contribution in [1.82, 2.24) is 9.88 Å². The Kier molecular flexibility index (Phi) is 9.30. The first-order valence-corrected chi connectivity index (χ1v) is 14.0. The summed E-state index contributed by atoms with van der Waals surface area (Å²) in [6, 6.07) is 9.77. The zero-order valence-electron chi connectivity index (χ0n) is 20.0. The lowest BCUT2D eigenvalue weighted by molar-refractivity contribution is -0.150. The van der Waals surface area contributed by atoms with Gasteiger partial charge in [-0.3, -0.25) is 9.78 Å². The molecule has 3 aromatic rings. The summed E-state index contributed by atoms with van der Waals surface area (Å²) in [6.45, 7) is 2.57. The van der Waals surface area contributed by atoms with Gasteiger partial charge in [0.05, 0.1) is 41.0 Å². The Morgan fingerprint density at radius 1 is 1.37 bits per heavy atom. The molecular formula is C26H31ClN2O4S2. The summed E-state index contributed by atoms with van der Waals surface area (Å²) in [5, 5.41) is 14.5. The number of thiophene rings is 1. The van der Waals surface area contributed by atoms with Crippen LogP contribution in [-0.4, -0.2) is 60.6 Å². The van der Waals surface area contributed by atoms with Crippen LogP contribution in [0.25, 0.3) is 10.9 Å². The smallest absolute Gasteiger partial charge is 0.310 e. The number of piperidine rings is 1. The number of esters is 1. The molecule has 6 nitrogen and oxygen atoms in total. The van der Waals surface area contributed by atoms with Crippen molar-refractivity contribution in [1.29, 1.82) is 0 Å². The van der Waals surface area contributed by atoms with Gasteiger partial charge >= 0.3 is 5.97 Å². The first-order valence-electron chi connectivity index (χ1n) is 11.8. The van der Waals surface area contributed by atoms with Crippen molar-refractivity contribution in [3.8, 4) is 5.75 Å². The average Bonchev–Trinajstić information content (AvgIpc) is 3.40. The fourth-order valence-corrected chi connectivity index (χ4v) is 6.95. The molecule has 1 saturated heterocycles. The third kappa shape index (κ3) is 6.49. The first kappa shape index (κ1) is 26.2. The highest BCUT2D eigenvalue weighted by Crippen LogP contribution is 2.37. The van der Waals surface area contributed by atoms with E-state index >= 15 is 0 Å². The topological polar surface area (TPSA) is 71.9 Å². The van der Waals surface area contributed by atoms with Crippen LogP contribution in [0.4, 0.5) is 0 Å². The first-order chi connectivity index (χ1) is 17.0. The minimum Gasteiger partial charge on any atom is -0.497 e. The van der Waals surface area contributed by atoms with E-state index in [1.807, 2.05) is 30.0 Å². The standard InChI is InChI=1S/C26H31ClN2O4S2/c1-32-18-6-7-22-19(14-18)25(21(27)15-28-22)23(30)8-5-17-9-10-29(16-20(17)26(31)33-2)11-13-35-24-4-3-12-34-24/h3-4,6-7,12,14-15,17,20,23,30H,5,8-11,13,16H2,1-2H3/t17?,20-,23-/m1/s1. The van der Waals surface area contributed by atoms with E-state index < -0.39 is 6.10 Å². The number of ether oxygens (including phenoxy) is 2. The number of likely N-dealkylation sites (tertiary alicyclic amines) is 1. The quantitative estimate of drug-likeness (QED) is 0.265. The van der Waals surface area contributed by atoms with Crippen LogP contribution in [0.1, 0.15) is 30.9 Å². The number of halogens is 1. The van der Waals surface area contributed by atoms with Gasteiger partial charge in [0.25, 0.3) is 0 Å². The second-order valence-corrected chi connectivity index (χ2v) is 11.5. The average molecular weight is 535 g/mol. The summed E-state index contributed by atoms with van der Waals surface area (Å²) in [7, 11) is 3.06. The SMILES string of the molecule is COC(=O)[C@@H]1CN(CCSc2cccs2)CCC1CC[C@@H](O)c1c(Cl)cnc2ccc(OC)cc12. The van der Waals surface area contributed by atoms with Crippen molar-refractivity contribution >= 4 is 51.6 Å². The predicted molar refractivity (Wildman–Crippen MR) is 143 cm³/mol. The largest absolute Gasteiger partial charge is 0.497 e. The second kappa shape index (κ2) is 12.4. The van der Waals surface area contributed by atoms with E-state index in [2.05, 4.69) is 27.4 Å². The third-order valence-electron chi connectivity index (χ3n) is 6.70. The number of benzene rings is 1. The van der Waals surface area contributed by atoms with Crippen LogP contribution in [0.15, 0.2) is 46.1 Å². The Balaban J connectivity index is 1.40. The molecule has 0 saturated carbocycles. The van der Waals surface area contributed by atoms with Crippen LogP contribution >= 0.6 is 34.7 Å². The Labute approximate surface area is 219 Å². The van der Waals surface area contributed by atoms with Gasteiger partial charge in [0, 0.05) is 36.0 Å². The molecule has 9 heteroatoms. The van der Waals surface area contributed by atoms with E-state index in [0.29, 0.717) is 35.7 Å². The zero-order valence-corrected chi connectivity index (χ0v) is 22.4. The van der Waals surface area contributed by atoms with Crippen LogP contribution in [0.5, 0.6) is 5.75 Å². The maximum Gasteiger partial charge on any atom is 0.310 e. The molecule has 0 amide bonds. The second-order valence-electron chi connectivity index (χ2n) is 8.76. The van der Waals surface area contributed by atoms with E-state index in [1.165, 1.54) is 11.3 Å². The molecule has 0 radical (unpaired) electrons. The minimum atomic E-state index is -0.765. The molecule has 4 rings (SSSR count). The Bertz CT molecular complexity index is 1130. The van der Waals surface area contributed by atoms with Crippen LogP contribution in [0.3, 0.4) is 0 Å². The summed E-state index contributed by atoms with van der Waals surface area (Å²) in [4.78, 5) is 19.4. The minimum absolute atomic E-state index is 0.153. The molecular weight excluding hydrogens is 504 g/mol. The molecule has 2 aromatic heterocycles. The molecule has 3 heterocycles. The predicted octanol–water partition coefficient (Wildman–Crippen LogP) is 5.68. The van der Waals surface area contributed by atoms with Gasteiger partial charge in [-0.2, -0.15) is 0 Å². The van der Waals surface area contributed by atoms with Crippen molar-refractivity contribution in [2.45, 2.75) is 29.6 Å². The summed E-state index contributed by atoms with van der Waals surface area (Å²) >= 11 is 10.1. The van der Waals surface area contributed by atoms with Crippen molar-refractivity contribution in [3.63, 3.8) is 0 Å². The zero-order chi connectivity index (χ0) is 24.8. The number of aliphatic hydroxyl groups is 1. The number of methoxy groups -OCH3 is 2. The summed E-state index contributed by atoms with van der Waals surface area (Å²) in [5.74, 6) is 1.47. The molecule has 188 valence electrons. The molecule has 1 fully saturated rings. The molecule has 1 aliphatic heterocycles. The summed E-state index contributed by atoms with van der Waals surface area (Å²) in [6.07, 6.45) is 2.93. The maximum absolute atomic E-state index is 12.6. The van der Waals surface area contributed by atoms with Crippen molar-refractivity contribution in [2.24, 2.45) is 11.8 Å². The highest BCUT2D eigenvalue weighted by Gasteiger charge is 2.35. The van der Waals surface area contributed by atoms with Crippen molar-refractivity contribution in [3.05, 3.63) is 52.5 Å². The number of nitrogens with zero attached hydrogens (tertiary/aromatic N) is 2. The Morgan fingerprint density at radius 2 is 2.23 bits per heavy atom. The van der Waals surface area contributed by atoms with Gasteiger partial charge in [-0.05, 0) is 61.4 Å². The lowest BCUT2D eigenvalue weighted by Crippen LogP contribution is -2.45. The summed E-state index contributed by atoms with van der Waals surface area (Å²) in [5.41, 5.74) is 1.42. The normalized spacial score (nSPS) is 19.5. The summed E-state index contributed by atoms with van der Waals surface area (Å²) < 4.78 is 11.8. The van der Waals surface area contributed by atoms with E-state index in [4.69, 9.17) is 21.1 Å². The molecule has 1 aliphatic rings. The number of aliphatic hydroxyl groups excluding tert-OH is 1. The van der Waals surface area contributed by atoms with Crippen LogP contribution in [0, 0.1) is 11.8 Å². The number of carbonyl (C=O) groups is 1. The molecule has 0 spiro atoms. The van der Waals surface area contributed by atoms with Gasteiger partial charge < -0.3 is 19.5 Å². The molecule has 1 N–H and O–H groups in total. The van der Waals surface area contributed by atoms with Gasteiger partial charge in [-0.15, -0.1) is 23.1 Å². The van der Waals surface area contributed by atoms with Gasteiger partial charge in [-0.25, -0.2) is 0 Å². The van der Waals surface area contributed by atoms with Gasteiger partial charge in [-0.1, -0.05) is 17.7 Å². The van der Waals surface area contributed by atoms with Gasteiger partial charge in [0.15, 0.2) is 0 Å². The van der Waals surface area contributed by atoms with Gasteiger partial charge in [0.1, 0.15) is 5.75 Å². The number of thioether (sulfide) groups is 1. The number of fused-ring (bicyclic) bond motifs is 1. The lowest BCUT2D eigenvalue weighted by Gasteiger charge is -2.37. The molecule has 1 unspecified atom stereocenters. The number of hydrogen-bond donors (Lipinski definition) is 1. The highest BCUT2D eigenvalue weighted by molar-refractivity contribution is 8.01. The fourth-order valence-electron chi connectivity index (χ4n) is 4.81. The number of pyridine rings is 1. The van der Waals surface area contributed by atoms with Crippen LogP contribution in [0.2, 0.25) is 5.02 Å². The van der Waals surface area contributed by atoms with Crippen LogP contribution in [-0.2, 0) is 9.53 Å². The molecule has 0 aliphatic carbocycles.